The van der Waals surface area contributed by atoms with Crippen LogP contribution in [-0.2, 0) is 11.2 Å². The highest BCUT2D eigenvalue weighted by Gasteiger charge is 2.17. The zero-order chi connectivity index (χ0) is 14.5. The zero-order valence-electron chi connectivity index (χ0n) is 12.2. The molecule has 0 bridgehead atoms. The van der Waals surface area contributed by atoms with E-state index in [1.165, 1.54) is 0 Å². The average Bonchev–Trinajstić information content (AvgIpc) is 2.82. The van der Waals surface area contributed by atoms with E-state index in [-0.39, 0.29) is 5.91 Å². The molecule has 0 saturated carbocycles. The van der Waals surface area contributed by atoms with Crippen LogP contribution in [-0.4, -0.2) is 28.9 Å². The number of carbonyl (C=O) groups excluding carboxylic acids is 1. The van der Waals surface area contributed by atoms with Gasteiger partial charge in [-0.3, -0.25) is 4.79 Å². The van der Waals surface area contributed by atoms with E-state index < -0.39 is 0 Å². The molecule has 4 heteroatoms. The van der Waals surface area contributed by atoms with E-state index in [1.807, 2.05) is 51.1 Å². The Morgan fingerprint density at radius 1 is 1.20 bits per heavy atom. The predicted molar refractivity (Wildman–Crippen MR) is 78.3 cm³/mol. The van der Waals surface area contributed by atoms with Gasteiger partial charge in [0.15, 0.2) is 0 Å². The summed E-state index contributed by atoms with van der Waals surface area (Å²) >= 11 is 0. The third-order valence-electron chi connectivity index (χ3n) is 3.35. The highest BCUT2D eigenvalue weighted by Crippen LogP contribution is 2.21. The Labute approximate surface area is 119 Å². The monoisotopic (exact) mass is 272 g/mol. The number of amides is 1. The van der Waals surface area contributed by atoms with E-state index >= 15 is 0 Å². The third kappa shape index (κ3) is 3.07. The van der Waals surface area contributed by atoms with Crippen molar-refractivity contribution in [2.24, 2.45) is 0 Å². The van der Waals surface area contributed by atoms with Gasteiger partial charge < -0.3 is 9.32 Å². The van der Waals surface area contributed by atoms with Crippen LogP contribution in [0.25, 0.3) is 11.5 Å². The van der Waals surface area contributed by atoms with Gasteiger partial charge in [0.1, 0.15) is 5.76 Å². The highest BCUT2D eigenvalue weighted by molar-refractivity contribution is 5.78. The number of carbonyl (C=O) groups is 1. The summed E-state index contributed by atoms with van der Waals surface area (Å²) in [7, 11) is 0. The molecular formula is C16H20N2O2. The van der Waals surface area contributed by atoms with Crippen molar-refractivity contribution < 1.29 is 9.21 Å². The van der Waals surface area contributed by atoms with Gasteiger partial charge in [0.05, 0.1) is 12.1 Å². The van der Waals surface area contributed by atoms with Gasteiger partial charge in [-0.25, -0.2) is 4.98 Å². The summed E-state index contributed by atoms with van der Waals surface area (Å²) in [4.78, 5) is 18.4. The molecule has 0 radical (unpaired) electrons. The number of nitrogens with zero attached hydrogens (tertiary/aromatic N) is 2. The van der Waals surface area contributed by atoms with Crippen LogP contribution in [0.2, 0.25) is 0 Å². The smallest absolute Gasteiger partial charge is 0.228 e. The van der Waals surface area contributed by atoms with Crippen molar-refractivity contribution in [1.82, 2.24) is 9.88 Å². The SMILES string of the molecule is CCN(CC)C(=O)Cc1nc(-c2ccccc2)oc1C. The van der Waals surface area contributed by atoms with E-state index in [0.717, 1.165) is 24.3 Å². The van der Waals surface area contributed by atoms with E-state index in [2.05, 4.69) is 4.98 Å². The fourth-order valence-corrected chi connectivity index (χ4v) is 2.13. The van der Waals surface area contributed by atoms with Crippen molar-refractivity contribution in [2.45, 2.75) is 27.2 Å². The Hall–Kier alpha value is -2.10. The van der Waals surface area contributed by atoms with Crippen LogP contribution in [0.3, 0.4) is 0 Å². The van der Waals surface area contributed by atoms with Crippen LogP contribution >= 0.6 is 0 Å². The molecule has 0 aliphatic heterocycles. The van der Waals surface area contributed by atoms with Gasteiger partial charge in [0.25, 0.3) is 0 Å². The molecule has 106 valence electrons. The first kappa shape index (κ1) is 14.3. The molecule has 0 aliphatic rings. The number of hydrogen-bond donors (Lipinski definition) is 0. The fourth-order valence-electron chi connectivity index (χ4n) is 2.13. The second-order valence-electron chi connectivity index (χ2n) is 4.63. The van der Waals surface area contributed by atoms with Gasteiger partial charge in [-0.1, -0.05) is 18.2 Å². The molecular weight excluding hydrogens is 252 g/mol. The number of aryl methyl sites for hydroxylation is 1. The van der Waals surface area contributed by atoms with Crippen molar-refractivity contribution in [1.29, 1.82) is 0 Å². The van der Waals surface area contributed by atoms with Crippen LogP contribution < -0.4 is 0 Å². The average molecular weight is 272 g/mol. The minimum Gasteiger partial charge on any atom is -0.441 e. The third-order valence-corrected chi connectivity index (χ3v) is 3.35. The molecule has 0 atom stereocenters. The minimum absolute atomic E-state index is 0.0889. The Bertz CT molecular complexity index is 571. The van der Waals surface area contributed by atoms with Gasteiger partial charge in [-0.15, -0.1) is 0 Å². The molecule has 0 unspecified atom stereocenters. The molecule has 20 heavy (non-hydrogen) atoms. The molecule has 1 amide bonds. The number of aromatic nitrogens is 1. The van der Waals surface area contributed by atoms with Crippen molar-refractivity contribution in [3.05, 3.63) is 41.8 Å². The number of oxazole rings is 1. The summed E-state index contributed by atoms with van der Waals surface area (Å²) in [6.07, 6.45) is 0.295. The summed E-state index contributed by atoms with van der Waals surface area (Å²) in [5.74, 6) is 1.38. The van der Waals surface area contributed by atoms with Crippen LogP contribution in [0.1, 0.15) is 25.3 Å². The van der Waals surface area contributed by atoms with E-state index in [4.69, 9.17) is 4.42 Å². The molecule has 2 rings (SSSR count). The second-order valence-corrected chi connectivity index (χ2v) is 4.63. The van der Waals surface area contributed by atoms with Crippen molar-refractivity contribution in [3.8, 4) is 11.5 Å². The van der Waals surface area contributed by atoms with Gasteiger partial charge in [0.2, 0.25) is 11.8 Å². The zero-order valence-corrected chi connectivity index (χ0v) is 12.2. The molecule has 2 aromatic rings. The molecule has 1 aromatic heterocycles. The number of hydrogen-bond acceptors (Lipinski definition) is 3. The molecule has 0 fully saturated rings. The molecule has 1 heterocycles. The molecule has 0 spiro atoms. The van der Waals surface area contributed by atoms with E-state index in [9.17, 15) is 4.79 Å². The van der Waals surface area contributed by atoms with Crippen LogP contribution in [0.5, 0.6) is 0 Å². The van der Waals surface area contributed by atoms with Crippen LogP contribution in [0.15, 0.2) is 34.7 Å². The Balaban J connectivity index is 2.18. The molecule has 0 saturated heterocycles. The van der Waals surface area contributed by atoms with Gasteiger partial charge >= 0.3 is 0 Å². The minimum atomic E-state index is 0.0889. The lowest BCUT2D eigenvalue weighted by molar-refractivity contribution is -0.130. The van der Waals surface area contributed by atoms with Crippen molar-refractivity contribution >= 4 is 5.91 Å². The lowest BCUT2D eigenvalue weighted by Crippen LogP contribution is -2.32. The maximum atomic E-state index is 12.1. The summed E-state index contributed by atoms with van der Waals surface area (Å²) in [6, 6.07) is 9.72. The first-order valence-electron chi connectivity index (χ1n) is 6.95. The largest absolute Gasteiger partial charge is 0.441 e. The topological polar surface area (TPSA) is 46.3 Å². The summed E-state index contributed by atoms with van der Waals surface area (Å²) < 4.78 is 5.67. The molecule has 0 aliphatic carbocycles. The maximum Gasteiger partial charge on any atom is 0.228 e. The van der Waals surface area contributed by atoms with E-state index in [1.54, 1.807) is 4.90 Å². The Morgan fingerprint density at radius 3 is 2.45 bits per heavy atom. The van der Waals surface area contributed by atoms with Crippen LogP contribution in [0.4, 0.5) is 0 Å². The number of benzene rings is 1. The summed E-state index contributed by atoms with van der Waals surface area (Å²) in [5, 5.41) is 0. The Kier molecular flexibility index (Phi) is 4.56. The first-order chi connectivity index (χ1) is 9.65. The number of likely N-dealkylation sites (N-methyl/N-ethyl adjacent to an activating group) is 1. The molecule has 0 N–H and O–H groups in total. The lowest BCUT2D eigenvalue weighted by Gasteiger charge is -2.17. The standard InChI is InChI=1S/C16H20N2O2/c1-4-18(5-2)15(19)11-14-12(3)20-16(17-14)13-9-7-6-8-10-13/h6-10H,4-5,11H2,1-3H3. The normalized spacial score (nSPS) is 10.6. The quantitative estimate of drug-likeness (QED) is 0.840. The van der Waals surface area contributed by atoms with Gasteiger partial charge in [-0.2, -0.15) is 0 Å². The maximum absolute atomic E-state index is 12.1. The molecule has 1 aromatic carbocycles. The first-order valence-corrected chi connectivity index (χ1v) is 6.95. The molecule has 4 nitrogen and oxygen atoms in total. The number of rotatable bonds is 5. The Morgan fingerprint density at radius 2 is 1.85 bits per heavy atom. The lowest BCUT2D eigenvalue weighted by atomic mass is 10.2. The predicted octanol–water partition coefficient (Wildman–Crippen LogP) is 3.06. The van der Waals surface area contributed by atoms with Gasteiger partial charge in [-0.05, 0) is 32.9 Å². The fraction of sp³-hybridized carbons (Fsp3) is 0.375. The van der Waals surface area contributed by atoms with Gasteiger partial charge in [0, 0.05) is 18.7 Å². The van der Waals surface area contributed by atoms with Crippen molar-refractivity contribution in [2.75, 3.05) is 13.1 Å². The summed E-state index contributed by atoms with van der Waals surface area (Å²) in [6.45, 7) is 7.25. The van der Waals surface area contributed by atoms with Crippen molar-refractivity contribution in [3.63, 3.8) is 0 Å². The van der Waals surface area contributed by atoms with E-state index in [0.29, 0.717) is 18.1 Å². The van der Waals surface area contributed by atoms with Crippen LogP contribution in [0, 0.1) is 6.92 Å². The summed E-state index contributed by atoms with van der Waals surface area (Å²) in [5.41, 5.74) is 1.65. The second kappa shape index (κ2) is 6.37. The highest BCUT2D eigenvalue weighted by atomic mass is 16.4.